The van der Waals surface area contributed by atoms with Crippen molar-refractivity contribution in [3.63, 3.8) is 0 Å². The van der Waals surface area contributed by atoms with Crippen LogP contribution in [0.5, 0.6) is 11.5 Å². The quantitative estimate of drug-likeness (QED) is 0.697. The Morgan fingerprint density at radius 2 is 2.12 bits per heavy atom. The minimum Gasteiger partial charge on any atom is -0.504 e. The predicted octanol–water partition coefficient (Wildman–Crippen LogP) is 2.60. The van der Waals surface area contributed by atoms with Gasteiger partial charge in [0.25, 0.3) is 0 Å². The number of nitrogens with one attached hydrogen (secondary N) is 1. The number of hydrogen-bond acceptors (Lipinski definition) is 3. The lowest BCUT2D eigenvalue weighted by Gasteiger charge is -2.26. The summed E-state index contributed by atoms with van der Waals surface area (Å²) in [6, 6.07) is 1.52. The van der Waals surface area contributed by atoms with E-state index in [-0.39, 0.29) is 10.2 Å². The number of hydrogen-bond donors (Lipinski definition) is 3. The third kappa shape index (κ3) is 1.68. The summed E-state index contributed by atoms with van der Waals surface area (Å²) in [5, 5.41) is 22.5. The van der Waals surface area contributed by atoms with Crippen LogP contribution in [0, 0.1) is 5.82 Å². The molecule has 0 radical (unpaired) electrons. The molecule has 3 nitrogen and oxygen atoms in total. The van der Waals surface area contributed by atoms with Crippen LogP contribution in [-0.2, 0) is 5.54 Å². The monoisotopic (exact) mass is 289 g/mol. The van der Waals surface area contributed by atoms with Crippen molar-refractivity contribution in [2.75, 3.05) is 6.54 Å². The molecule has 1 unspecified atom stereocenters. The number of benzene rings is 1. The Balaban J connectivity index is 2.57. The highest BCUT2D eigenvalue weighted by atomic mass is 79.9. The zero-order chi connectivity index (χ0) is 11.9. The van der Waals surface area contributed by atoms with E-state index in [9.17, 15) is 14.6 Å². The first kappa shape index (κ1) is 11.7. The molecule has 88 valence electrons. The van der Waals surface area contributed by atoms with Gasteiger partial charge in [-0.25, -0.2) is 4.39 Å². The van der Waals surface area contributed by atoms with Crippen LogP contribution < -0.4 is 5.32 Å². The molecule has 1 atom stereocenters. The smallest absolute Gasteiger partial charge is 0.195 e. The summed E-state index contributed by atoms with van der Waals surface area (Å²) in [6.07, 6.45) is 1.84. The van der Waals surface area contributed by atoms with Gasteiger partial charge in [-0.3, -0.25) is 0 Å². The molecule has 0 saturated carbocycles. The van der Waals surface area contributed by atoms with Crippen LogP contribution in [0.25, 0.3) is 0 Å². The third-order valence-electron chi connectivity index (χ3n) is 3.13. The summed E-state index contributed by atoms with van der Waals surface area (Å²) in [6.45, 7) is 2.78. The molecule has 1 aliphatic heterocycles. The highest BCUT2D eigenvalue weighted by Crippen LogP contribution is 2.43. The summed E-state index contributed by atoms with van der Waals surface area (Å²) in [4.78, 5) is 0. The fourth-order valence-corrected chi connectivity index (χ4v) is 2.56. The highest BCUT2D eigenvalue weighted by Gasteiger charge is 2.34. The van der Waals surface area contributed by atoms with Crippen molar-refractivity contribution in [1.82, 2.24) is 5.32 Å². The van der Waals surface area contributed by atoms with Crippen LogP contribution in [0.15, 0.2) is 10.5 Å². The van der Waals surface area contributed by atoms with Gasteiger partial charge in [-0.15, -0.1) is 0 Å². The summed E-state index contributed by atoms with van der Waals surface area (Å²) < 4.78 is 13.5. The van der Waals surface area contributed by atoms with E-state index in [0.29, 0.717) is 5.56 Å². The van der Waals surface area contributed by atoms with Gasteiger partial charge < -0.3 is 15.5 Å². The standard InChI is InChI=1S/C11H13BrFNO2/c1-11(3-2-4-14-11)6-5-7(12)8(13)10(16)9(6)15/h5,14-16H,2-4H2,1H3. The lowest BCUT2D eigenvalue weighted by Crippen LogP contribution is -2.33. The van der Waals surface area contributed by atoms with Crippen molar-refractivity contribution in [2.24, 2.45) is 0 Å². The van der Waals surface area contributed by atoms with E-state index in [2.05, 4.69) is 21.2 Å². The van der Waals surface area contributed by atoms with Gasteiger partial charge in [0.2, 0.25) is 0 Å². The maximum absolute atomic E-state index is 13.3. The Labute approximate surface area is 101 Å². The van der Waals surface area contributed by atoms with Crippen LogP contribution in [-0.4, -0.2) is 16.8 Å². The predicted molar refractivity (Wildman–Crippen MR) is 62.0 cm³/mol. The van der Waals surface area contributed by atoms with Crippen molar-refractivity contribution < 1.29 is 14.6 Å². The van der Waals surface area contributed by atoms with Crippen LogP contribution in [0.1, 0.15) is 25.3 Å². The zero-order valence-electron chi connectivity index (χ0n) is 8.85. The van der Waals surface area contributed by atoms with Gasteiger partial charge >= 0.3 is 0 Å². The largest absolute Gasteiger partial charge is 0.504 e. The fourth-order valence-electron chi connectivity index (χ4n) is 2.15. The molecular weight excluding hydrogens is 277 g/mol. The van der Waals surface area contributed by atoms with Gasteiger partial charge in [0, 0.05) is 11.1 Å². The van der Waals surface area contributed by atoms with E-state index in [1.165, 1.54) is 6.07 Å². The number of halogens is 2. The molecule has 5 heteroatoms. The van der Waals surface area contributed by atoms with Gasteiger partial charge in [-0.1, -0.05) is 0 Å². The normalized spacial score (nSPS) is 24.9. The number of aromatic hydroxyl groups is 2. The second-order valence-electron chi connectivity index (χ2n) is 4.28. The van der Waals surface area contributed by atoms with E-state index in [1.807, 2.05) is 6.92 Å². The number of rotatable bonds is 1. The second-order valence-corrected chi connectivity index (χ2v) is 5.13. The van der Waals surface area contributed by atoms with Crippen LogP contribution >= 0.6 is 15.9 Å². The molecule has 1 aromatic carbocycles. The molecule has 16 heavy (non-hydrogen) atoms. The minimum atomic E-state index is -0.831. The topological polar surface area (TPSA) is 52.5 Å². The molecule has 1 heterocycles. The molecule has 1 aliphatic rings. The molecule has 0 aliphatic carbocycles. The van der Waals surface area contributed by atoms with E-state index < -0.39 is 17.1 Å². The number of phenols is 2. The van der Waals surface area contributed by atoms with Crippen molar-refractivity contribution in [1.29, 1.82) is 0 Å². The molecule has 1 fully saturated rings. The molecule has 3 N–H and O–H groups in total. The maximum atomic E-state index is 13.3. The maximum Gasteiger partial charge on any atom is 0.195 e. The van der Waals surface area contributed by atoms with Crippen molar-refractivity contribution in [3.8, 4) is 11.5 Å². The van der Waals surface area contributed by atoms with Crippen molar-refractivity contribution in [3.05, 3.63) is 21.9 Å². The lowest BCUT2D eigenvalue weighted by atomic mass is 9.89. The molecule has 0 spiro atoms. The van der Waals surface area contributed by atoms with E-state index in [4.69, 9.17) is 0 Å². The van der Waals surface area contributed by atoms with Crippen LogP contribution in [0.3, 0.4) is 0 Å². The third-order valence-corrected chi connectivity index (χ3v) is 3.71. The molecule has 0 aromatic heterocycles. The highest BCUT2D eigenvalue weighted by molar-refractivity contribution is 9.10. The van der Waals surface area contributed by atoms with Crippen LogP contribution in [0.4, 0.5) is 4.39 Å². The summed E-state index contributed by atoms with van der Waals surface area (Å²) in [5.74, 6) is -1.90. The molecular formula is C11H13BrFNO2. The van der Waals surface area contributed by atoms with Gasteiger partial charge in [-0.05, 0) is 48.3 Å². The summed E-state index contributed by atoms with van der Waals surface area (Å²) >= 11 is 3.03. The molecule has 2 rings (SSSR count). The Kier molecular flexibility index (Phi) is 2.84. The van der Waals surface area contributed by atoms with Gasteiger partial charge in [0.05, 0.1) is 4.47 Å². The SMILES string of the molecule is CC1(c2cc(Br)c(F)c(O)c2O)CCCN1. The second kappa shape index (κ2) is 3.89. The molecule has 1 saturated heterocycles. The minimum absolute atomic E-state index is 0.160. The van der Waals surface area contributed by atoms with E-state index >= 15 is 0 Å². The fraction of sp³-hybridized carbons (Fsp3) is 0.455. The Bertz CT molecular complexity index is 430. The Morgan fingerprint density at radius 3 is 2.69 bits per heavy atom. The number of phenolic OH excluding ortho intramolecular Hbond substituents is 2. The zero-order valence-corrected chi connectivity index (χ0v) is 10.4. The van der Waals surface area contributed by atoms with Gasteiger partial charge in [0.15, 0.2) is 17.3 Å². The molecule has 1 aromatic rings. The summed E-state index contributed by atoms with van der Waals surface area (Å²) in [7, 11) is 0. The van der Waals surface area contributed by atoms with Gasteiger partial charge in [-0.2, -0.15) is 0 Å². The van der Waals surface area contributed by atoms with Crippen LogP contribution in [0.2, 0.25) is 0 Å². The van der Waals surface area contributed by atoms with E-state index in [0.717, 1.165) is 19.4 Å². The first-order valence-corrected chi connectivity index (χ1v) is 5.90. The van der Waals surface area contributed by atoms with Gasteiger partial charge in [0.1, 0.15) is 0 Å². The first-order chi connectivity index (χ1) is 7.46. The Hall–Kier alpha value is -0.810. The Morgan fingerprint density at radius 1 is 1.44 bits per heavy atom. The average Bonchev–Trinajstić information content (AvgIpc) is 2.68. The average molecular weight is 290 g/mol. The summed E-state index contributed by atoms with van der Waals surface area (Å²) in [5.41, 5.74) is 0.119. The molecule has 0 bridgehead atoms. The first-order valence-electron chi connectivity index (χ1n) is 5.11. The molecule has 0 amide bonds. The lowest BCUT2D eigenvalue weighted by molar-refractivity contribution is 0.350. The van der Waals surface area contributed by atoms with E-state index in [1.54, 1.807) is 0 Å². The van der Waals surface area contributed by atoms with Crippen molar-refractivity contribution >= 4 is 15.9 Å². The van der Waals surface area contributed by atoms with Crippen molar-refractivity contribution in [2.45, 2.75) is 25.3 Å².